The molecule has 0 saturated heterocycles. The molecule has 0 saturated carbocycles. The summed E-state index contributed by atoms with van der Waals surface area (Å²) in [4.78, 5) is 4.34. The predicted octanol–water partition coefficient (Wildman–Crippen LogP) is 2.75. The molecule has 90 valence electrons. The molecule has 18 heavy (non-hydrogen) atoms. The van der Waals surface area contributed by atoms with Crippen molar-refractivity contribution >= 4 is 26.8 Å². The van der Waals surface area contributed by atoms with Crippen molar-refractivity contribution in [1.29, 1.82) is 0 Å². The Labute approximate surface area is 113 Å². The maximum absolute atomic E-state index is 4.34. The molecular formula is C13H11BrN4. The van der Waals surface area contributed by atoms with Crippen LogP contribution in [0.5, 0.6) is 0 Å². The third-order valence-corrected chi connectivity index (χ3v) is 3.16. The third kappa shape index (κ3) is 2.01. The number of rotatable bonds is 3. The summed E-state index contributed by atoms with van der Waals surface area (Å²) in [6.07, 6.45) is 4.63. The van der Waals surface area contributed by atoms with Crippen LogP contribution in [0, 0.1) is 0 Å². The number of alkyl halides is 1. The zero-order valence-corrected chi connectivity index (χ0v) is 11.2. The minimum atomic E-state index is 0.878. The van der Waals surface area contributed by atoms with Gasteiger partial charge in [-0.1, -0.05) is 27.2 Å². The monoisotopic (exact) mass is 302 g/mol. The molecule has 0 unspecified atom stereocenters. The molecule has 1 aromatic carbocycles. The van der Waals surface area contributed by atoms with E-state index in [0.717, 1.165) is 34.0 Å². The fraction of sp³-hybridized carbons (Fsp3) is 0.154. The van der Waals surface area contributed by atoms with E-state index in [9.17, 15) is 0 Å². The Morgan fingerprint density at radius 2 is 2.11 bits per heavy atom. The van der Waals surface area contributed by atoms with Gasteiger partial charge in [0.15, 0.2) is 0 Å². The molecule has 2 heterocycles. The maximum atomic E-state index is 4.34. The summed E-state index contributed by atoms with van der Waals surface area (Å²) in [5, 5.41) is 10.3. The standard InChI is InChI=1S/C13H11BrN4/c14-7-6-10-9-18(17-16-10)13-5-1-4-12-11(13)3-2-8-15-12/h1-5,8-9H,6-7H2. The van der Waals surface area contributed by atoms with E-state index in [0.29, 0.717) is 0 Å². The molecule has 0 bridgehead atoms. The number of pyridine rings is 1. The Morgan fingerprint density at radius 1 is 1.17 bits per heavy atom. The van der Waals surface area contributed by atoms with Crippen LogP contribution in [0.1, 0.15) is 5.69 Å². The molecule has 0 amide bonds. The maximum Gasteiger partial charge on any atom is 0.0840 e. The van der Waals surface area contributed by atoms with Crippen LogP contribution in [0.4, 0.5) is 0 Å². The number of hydrogen-bond donors (Lipinski definition) is 0. The fourth-order valence-electron chi connectivity index (χ4n) is 1.91. The van der Waals surface area contributed by atoms with Gasteiger partial charge in [0.25, 0.3) is 0 Å². The summed E-state index contributed by atoms with van der Waals surface area (Å²) in [6.45, 7) is 0. The zero-order valence-electron chi connectivity index (χ0n) is 9.62. The van der Waals surface area contributed by atoms with E-state index >= 15 is 0 Å². The summed E-state index contributed by atoms with van der Waals surface area (Å²) < 4.78 is 1.81. The van der Waals surface area contributed by atoms with Gasteiger partial charge >= 0.3 is 0 Å². The first-order valence-electron chi connectivity index (χ1n) is 5.70. The third-order valence-electron chi connectivity index (χ3n) is 2.76. The fourth-order valence-corrected chi connectivity index (χ4v) is 2.32. The summed E-state index contributed by atoms with van der Waals surface area (Å²) in [7, 11) is 0. The van der Waals surface area contributed by atoms with Gasteiger partial charge in [-0.05, 0) is 24.3 Å². The van der Waals surface area contributed by atoms with Gasteiger partial charge in [0, 0.05) is 23.3 Å². The van der Waals surface area contributed by atoms with Crippen molar-refractivity contribution in [2.45, 2.75) is 6.42 Å². The highest BCUT2D eigenvalue weighted by atomic mass is 79.9. The van der Waals surface area contributed by atoms with Crippen LogP contribution in [0.3, 0.4) is 0 Å². The average Bonchev–Trinajstić information content (AvgIpc) is 2.87. The minimum Gasteiger partial charge on any atom is -0.256 e. The highest BCUT2D eigenvalue weighted by Crippen LogP contribution is 2.19. The molecule has 0 spiro atoms. The Hall–Kier alpha value is -1.75. The smallest absolute Gasteiger partial charge is 0.0840 e. The second-order valence-corrected chi connectivity index (χ2v) is 4.73. The van der Waals surface area contributed by atoms with Crippen molar-refractivity contribution in [2.75, 3.05) is 5.33 Å². The molecule has 0 aliphatic rings. The van der Waals surface area contributed by atoms with Crippen molar-refractivity contribution in [3.8, 4) is 5.69 Å². The second-order valence-electron chi connectivity index (χ2n) is 3.94. The minimum absolute atomic E-state index is 0.878. The molecule has 3 rings (SSSR count). The first-order chi connectivity index (χ1) is 8.88. The van der Waals surface area contributed by atoms with Crippen LogP contribution in [-0.4, -0.2) is 25.3 Å². The molecule has 0 fully saturated rings. The summed E-state index contributed by atoms with van der Waals surface area (Å²) in [5.74, 6) is 0. The zero-order chi connectivity index (χ0) is 12.4. The van der Waals surface area contributed by atoms with Crippen LogP contribution in [0.25, 0.3) is 16.6 Å². The molecule has 2 aromatic heterocycles. The molecule has 0 N–H and O–H groups in total. The van der Waals surface area contributed by atoms with Gasteiger partial charge in [-0.25, -0.2) is 4.68 Å². The number of benzene rings is 1. The highest BCUT2D eigenvalue weighted by Gasteiger charge is 2.06. The lowest BCUT2D eigenvalue weighted by atomic mass is 10.2. The van der Waals surface area contributed by atoms with Crippen LogP contribution in [0.2, 0.25) is 0 Å². The van der Waals surface area contributed by atoms with Crippen LogP contribution in [-0.2, 0) is 6.42 Å². The Morgan fingerprint density at radius 3 is 3.00 bits per heavy atom. The van der Waals surface area contributed by atoms with E-state index in [1.807, 2.05) is 41.2 Å². The lowest BCUT2D eigenvalue weighted by Gasteiger charge is -2.04. The lowest BCUT2D eigenvalue weighted by Crippen LogP contribution is -1.96. The summed E-state index contributed by atoms with van der Waals surface area (Å²) in [6, 6.07) is 9.98. The number of halogens is 1. The molecule has 3 aromatic rings. The Bertz CT molecular complexity index is 672. The Kier molecular flexibility index (Phi) is 3.06. The van der Waals surface area contributed by atoms with Gasteiger partial charge in [0.1, 0.15) is 0 Å². The van der Waals surface area contributed by atoms with Crippen molar-refractivity contribution < 1.29 is 0 Å². The van der Waals surface area contributed by atoms with Crippen molar-refractivity contribution in [3.63, 3.8) is 0 Å². The van der Waals surface area contributed by atoms with E-state index in [2.05, 4.69) is 31.2 Å². The number of nitrogens with zero attached hydrogens (tertiary/aromatic N) is 4. The van der Waals surface area contributed by atoms with Crippen molar-refractivity contribution in [3.05, 3.63) is 48.4 Å². The van der Waals surface area contributed by atoms with E-state index in [4.69, 9.17) is 0 Å². The van der Waals surface area contributed by atoms with E-state index in [1.165, 1.54) is 0 Å². The lowest BCUT2D eigenvalue weighted by molar-refractivity contribution is 0.802. The normalized spacial score (nSPS) is 10.9. The molecule has 4 nitrogen and oxygen atoms in total. The van der Waals surface area contributed by atoms with Gasteiger partial charge < -0.3 is 0 Å². The SMILES string of the molecule is BrCCc1cn(-c2cccc3ncccc23)nn1. The van der Waals surface area contributed by atoms with Crippen LogP contribution in [0.15, 0.2) is 42.7 Å². The average molecular weight is 303 g/mol. The van der Waals surface area contributed by atoms with Gasteiger partial charge in [-0.3, -0.25) is 4.98 Å². The second kappa shape index (κ2) is 4.86. The van der Waals surface area contributed by atoms with Crippen molar-refractivity contribution in [1.82, 2.24) is 20.0 Å². The van der Waals surface area contributed by atoms with Gasteiger partial charge in [0.05, 0.1) is 23.1 Å². The Balaban J connectivity index is 2.12. The quantitative estimate of drug-likeness (QED) is 0.699. The van der Waals surface area contributed by atoms with Gasteiger partial charge in [0.2, 0.25) is 0 Å². The van der Waals surface area contributed by atoms with Crippen LogP contribution < -0.4 is 0 Å². The summed E-state index contributed by atoms with van der Waals surface area (Å²) in [5.41, 5.74) is 2.95. The first-order valence-corrected chi connectivity index (χ1v) is 6.82. The number of aromatic nitrogens is 4. The number of aryl methyl sites for hydroxylation is 1. The molecule has 0 aliphatic heterocycles. The number of fused-ring (bicyclic) bond motifs is 1. The van der Waals surface area contributed by atoms with E-state index < -0.39 is 0 Å². The van der Waals surface area contributed by atoms with Crippen LogP contribution >= 0.6 is 15.9 Å². The highest BCUT2D eigenvalue weighted by molar-refractivity contribution is 9.09. The van der Waals surface area contributed by atoms with E-state index in [-0.39, 0.29) is 0 Å². The summed E-state index contributed by atoms with van der Waals surface area (Å²) >= 11 is 3.40. The molecule has 0 radical (unpaired) electrons. The van der Waals surface area contributed by atoms with E-state index in [1.54, 1.807) is 6.20 Å². The number of hydrogen-bond acceptors (Lipinski definition) is 3. The topological polar surface area (TPSA) is 43.6 Å². The van der Waals surface area contributed by atoms with Gasteiger partial charge in [-0.15, -0.1) is 5.10 Å². The molecule has 5 heteroatoms. The first kappa shape index (κ1) is 11.3. The van der Waals surface area contributed by atoms with Gasteiger partial charge in [-0.2, -0.15) is 0 Å². The predicted molar refractivity (Wildman–Crippen MR) is 74.2 cm³/mol. The molecule has 0 atom stereocenters. The molecule has 0 aliphatic carbocycles. The van der Waals surface area contributed by atoms with Crippen molar-refractivity contribution in [2.24, 2.45) is 0 Å². The molecular weight excluding hydrogens is 292 g/mol. The largest absolute Gasteiger partial charge is 0.256 e.